The molecule has 0 saturated heterocycles. The first-order valence-corrected chi connectivity index (χ1v) is 19.7. The molecule has 0 unspecified atom stereocenters. The molecule has 0 saturated carbocycles. The standard InChI is InChI=1S/C54H33N3/c1-2-13-34(14-3-1)35-25-27-36(28-26-35)37-15-12-16-38(31-37)55-48-23-10-6-19-42(48)52-50(55)29-30-51-53(52)43-20-7-11-24-49(43)56(51)39-32-44-40-17-4-8-21-46(40)57-47-22-9-5-18-41(47)45(33-39)54(44)57/h1-33H. The number of benzene rings is 9. The number of aromatic nitrogens is 3. The molecule has 4 aromatic heterocycles. The van der Waals surface area contributed by atoms with Crippen LogP contribution in [0.15, 0.2) is 200 Å². The van der Waals surface area contributed by atoms with Gasteiger partial charge in [-0.15, -0.1) is 0 Å². The number of nitrogens with zero attached hydrogens (tertiary/aromatic N) is 3. The van der Waals surface area contributed by atoms with E-state index in [0.717, 1.165) is 5.69 Å². The Balaban J connectivity index is 1.06. The van der Waals surface area contributed by atoms with E-state index >= 15 is 0 Å². The van der Waals surface area contributed by atoms with E-state index in [-0.39, 0.29) is 0 Å². The summed E-state index contributed by atoms with van der Waals surface area (Å²) >= 11 is 0. The minimum Gasteiger partial charge on any atom is -0.309 e. The largest absolute Gasteiger partial charge is 0.309 e. The van der Waals surface area contributed by atoms with E-state index in [2.05, 4.69) is 214 Å². The van der Waals surface area contributed by atoms with Gasteiger partial charge in [0.2, 0.25) is 0 Å². The molecule has 57 heavy (non-hydrogen) atoms. The summed E-state index contributed by atoms with van der Waals surface area (Å²) < 4.78 is 7.41. The Morgan fingerprint density at radius 2 is 0.684 bits per heavy atom. The van der Waals surface area contributed by atoms with Crippen molar-refractivity contribution in [1.29, 1.82) is 0 Å². The Bertz CT molecular complexity index is 3650. The number of rotatable bonds is 4. The molecule has 0 atom stereocenters. The Labute approximate surface area is 327 Å². The molecule has 13 rings (SSSR count). The van der Waals surface area contributed by atoms with Crippen LogP contribution in [-0.2, 0) is 0 Å². The molecule has 0 aliphatic carbocycles. The highest BCUT2D eigenvalue weighted by atomic mass is 15.0. The first-order chi connectivity index (χ1) is 28.3. The van der Waals surface area contributed by atoms with Crippen molar-refractivity contribution in [1.82, 2.24) is 13.5 Å². The maximum absolute atomic E-state index is 2.50. The maximum Gasteiger partial charge on any atom is 0.0622 e. The summed E-state index contributed by atoms with van der Waals surface area (Å²) in [5.74, 6) is 0. The van der Waals surface area contributed by atoms with Crippen molar-refractivity contribution in [3.63, 3.8) is 0 Å². The second-order valence-electron chi connectivity index (χ2n) is 15.3. The third kappa shape index (κ3) is 4.20. The lowest BCUT2D eigenvalue weighted by Gasteiger charge is -2.12. The lowest BCUT2D eigenvalue weighted by molar-refractivity contribution is 1.18. The summed E-state index contributed by atoms with van der Waals surface area (Å²) in [5.41, 5.74) is 15.8. The van der Waals surface area contributed by atoms with E-state index in [1.165, 1.54) is 110 Å². The molecule has 0 aliphatic heterocycles. The van der Waals surface area contributed by atoms with Gasteiger partial charge in [-0.3, -0.25) is 0 Å². The zero-order chi connectivity index (χ0) is 37.2. The van der Waals surface area contributed by atoms with Crippen molar-refractivity contribution < 1.29 is 0 Å². The second kappa shape index (κ2) is 11.5. The fourth-order valence-corrected chi connectivity index (χ4v) is 9.95. The zero-order valence-corrected chi connectivity index (χ0v) is 30.9. The van der Waals surface area contributed by atoms with Gasteiger partial charge >= 0.3 is 0 Å². The zero-order valence-electron chi connectivity index (χ0n) is 30.9. The predicted molar refractivity (Wildman–Crippen MR) is 241 cm³/mol. The predicted octanol–water partition coefficient (Wildman–Crippen LogP) is 14.4. The lowest BCUT2D eigenvalue weighted by Crippen LogP contribution is -1.95. The molecule has 0 spiro atoms. The minimum atomic E-state index is 1.15. The van der Waals surface area contributed by atoms with Crippen LogP contribution >= 0.6 is 0 Å². The van der Waals surface area contributed by atoms with E-state index < -0.39 is 0 Å². The quantitative estimate of drug-likeness (QED) is 0.172. The molecule has 4 heterocycles. The fourth-order valence-electron chi connectivity index (χ4n) is 9.95. The SMILES string of the molecule is c1ccc(-c2ccc(-c3cccc(-n4c5ccccc5c5c6c7ccccc7n(-c7cc8c9ccccc9n9c%10ccccc%10c(c7)c89)c6ccc54)c3)cc2)cc1. The molecule has 264 valence electrons. The molecule has 0 fully saturated rings. The average Bonchev–Trinajstić information content (AvgIpc) is 4.01. The Morgan fingerprint density at radius 3 is 1.26 bits per heavy atom. The molecule has 13 aromatic rings. The highest BCUT2D eigenvalue weighted by Gasteiger charge is 2.23. The summed E-state index contributed by atoms with van der Waals surface area (Å²) in [5, 5.41) is 10.2. The Kier molecular flexibility index (Phi) is 6.16. The molecule has 0 radical (unpaired) electrons. The molecule has 0 amide bonds. The van der Waals surface area contributed by atoms with Gasteiger partial charge in [0, 0.05) is 54.5 Å². The number of hydrogen-bond donors (Lipinski definition) is 0. The molecule has 3 heteroatoms. The van der Waals surface area contributed by atoms with Gasteiger partial charge in [-0.25, -0.2) is 0 Å². The Hall–Kier alpha value is -7.62. The van der Waals surface area contributed by atoms with Crippen molar-refractivity contribution >= 4 is 81.7 Å². The first-order valence-electron chi connectivity index (χ1n) is 19.7. The van der Waals surface area contributed by atoms with Crippen molar-refractivity contribution in [2.24, 2.45) is 0 Å². The van der Waals surface area contributed by atoms with Crippen molar-refractivity contribution in [3.05, 3.63) is 200 Å². The molecule has 0 bridgehead atoms. The van der Waals surface area contributed by atoms with Gasteiger partial charge in [-0.2, -0.15) is 0 Å². The molecular formula is C54H33N3. The van der Waals surface area contributed by atoms with Crippen molar-refractivity contribution in [2.45, 2.75) is 0 Å². The highest BCUT2D eigenvalue weighted by Crippen LogP contribution is 2.45. The normalized spacial score (nSPS) is 12.2. The Morgan fingerprint density at radius 1 is 0.246 bits per heavy atom. The van der Waals surface area contributed by atoms with Crippen LogP contribution < -0.4 is 0 Å². The van der Waals surface area contributed by atoms with E-state index in [1.807, 2.05) is 0 Å². The van der Waals surface area contributed by atoms with E-state index in [9.17, 15) is 0 Å². The van der Waals surface area contributed by atoms with Gasteiger partial charge < -0.3 is 13.5 Å². The second-order valence-corrected chi connectivity index (χ2v) is 15.3. The highest BCUT2D eigenvalue weighted by molar-refractivity contribution is 6.29. The summed E-state index contributed by atoms with van der Waals surface area (Å²) in [6, 6.07) is 73.6. The summed E-state index contributed by atoms with van der Waals surface area (Å²) in [4.78, 5) is 0. The number of para-hydroxylation sites is 4. The average molecular weight is 724 g/mol. The topological polar surface area (TPSA) is 14.3 Å². The monoisotopic (exact) mass is 723 g/mol. The smallest absolute Gasteiger partial charge is 0.0622 e. The van der Waals surface area contributed by atoms with Gasteiger partial charge in [-0.1, -0.05) is 140 Å². The number of fused-ring (bicyclic) bond motifs is 13. The fraction of sp³-hybridized carbons (Fsp3) is 0. The van der Waals surface area contributed by atoms with E-state index in [4.69, 9.17) is 0 Å². The van der Waals surface area contributed by atoms with Crippen LogP contribution in [0.5, 0.6) is 0 Å². The maximum atomic E-state index is 2.50. The van der Waals surface area contributed by atoms with Crippen molar-refractivity contribution in [3.8, 4) is 33.6 Å². The van der Waals surface area contributed by atoms with Crippen LogP contribution in [0, 0.1) is 0 Å². The first kappa shape index (κ1) is 30.7. The summed E-state index contributed by atoms with van der Waals surface area (Å²) in [7, 11) is 0. The van der Waals surface area contributed by atoms with Crippen LogP contribution in [-0.4, -0.2) is 13.5 Å². The molecule has 0 N–H and O–H groups in total. The lowest BCUT2D eigenvalue weighted by atomic mass is 10.00. The molecule has 3 nitrogen and oxygen atoms in total. The van der Waals surface area contributed by atoms with Crippen LogP contribution in [0.3, 0.4) is 0 Å². The van der Waals surface area contributed by atoms with Crippen LogP contribution in [0.25, 0.3) is 115 Å². The van der Waals surface area contributed by atoms with Crippen LogP contribution in [0.4, 0.5) is 0 Å². The van der Waals surface area contributed by atoms with E-state index in [0.29, 0.717) is 0 Å². The molecule has 9 aromatic carbocycles. The molecular weight excluding hydrogens is 691 g/mol. The van der Waals surface area contributed by atoms with Gasteiger partial charge in [-0.05, 0) is 82.9 Å². The van der Waals surface area contributed by atoms with Gasteiger partial charge in [0.1, 0.15) is 0 Å². The van der Waals surface area contributed by atoms with Crippen LogP contribution in [0.1, 0.15) is 0 Å². The van der Waals surface area contributed by atoms with Crippen molar-refractivity contribution in [2.75, 3.05) is 0 Å². The van der Waals surface area contributed by atoms with E-state index in [1.54, 1.807) is 0 Å². The minimum absolute atomic E-state index is 1.15. The molecule has 0 aliphatic rings. The van der Waals surface area contributed by atoms with Gasteiger partial charge in [0.05, 0.1) is 38.6 Å². The number of hydrogen-bond acceptors (Lipinski definition) is 0. The van der Waals surface area contributed by atoms with Gasteiger partial charge in [0.25, 0.3) is 0 Å². The third-order valence-electron chi connectivity index (χ3n) is 12.3. The van der Waals surface area contributed by atoms with Crippen LogP contribution in [0.2, 0.25) is 0 Å². The van der Waals surface area contributed by atoms with Gasteiger partial charge in [0.15, 0.2) is 0 Å². The third-order valence-corrected chi connectivity index (χ3v) is 12.3. The summed E-state index contributed by atoms with van der Waals surface area (Å²) in [6.45, 7) is 0. The summed E-state index contributed by atoms with van der Waals surface area (Å²) in [6.07, 6.45) is 0.